The minimum absolute atomic E-state index is 0.00377. The first-order valence-corrected chi connectivity index (χ1v) is 7.85. The molecule has 0 saturated carbocycles. The maximum atomic E-state index is 11.9. The Kier molecular flexibility index (Phi) is 5.39. The van der Waals surface area contributed by atoms with Crippen molar-refractivity contribution in [2.24, 2.45) is 0 Å². The number of nitrogens with one attached hydrogen (secondary N) is 1. The van der Waals surface area contributed by atoms with Gasteiger partial charge in [0, 0.05) is 12.6 Å². The molecule has 0 aromatic rings. The van der Waals surface area contributed by atoms with Crippen LogP contribution in [0.25, 0.3) is 0 Å². The molecule has 100 valence electrons. The summed E-state index contributed by atoms with van der Waals surface area (Å²) in [5.41, 5.74) is 0. The molecule has 0 spiro atoms. The van der Waals surface area contributed by atoms with Gasteiger partial charge in [0.2, 0.25) is 5.91 Å². The smallest absolute Gasteiger partial charge is 0.238 e. The fraction of sp³-hybridized carbons (Fsp3) is 0.909. The summed E-state index contributed by atoms with van der Waals surface area (Å²) in [6.07, 6.45) is 3.02. The van der Waals surface area contributed by atoms with Gasteiger partial charge in [-0.2, -0.15) is 0 Å². The lowest BCUT2D eigenvalue weighted by Crippen LogP contribution is -2.46. The van der Waals surface area contributed by atoms with Crippen molar-refractivity contribution in [3.8, 4) is 0 Å². The van der Waals surface area contributed by atoms with Crippen LogP contribution in [-0.4, -0.2) is 43.1 Å². The van der Waals surface area contributed by atoms with Crippen molar-refractivity contribution in [3.05, 3.63) is 0 Å². The second-order valence-electron chi connectivity index (χ2n) is 4.48. The van der Waals surface area contributed by atoms with Crippen molar-refractivity contribution in [2.75, 3.05) is 12.4 Å². The highest BCUT2D eigenvalue weighted by atomic mass is 32.2. The lowest BCUT2D eigenvalue weighted by atomic mass is 10.1. The summed E-state index contributed by atoms with van der Waals surface area (Å²) in [4.78, 5) is 11.9. The number of rotatable bonds is 5. The van der Waals surface area contributed by atoms with Gasteiger partial charge in [0.25, 0.3) is 0 Å². The molecule has 1 rings (SSSR count). The van der Waals surface area contributed by atoms with E-state index in [1.807, 2.05) is 6.92 Å². The molecule has 0 radical (unpaired) electrons. The third-order valence-electron chi connectivity index (χ3n) is 3.19. The molecule has 5 nitrogen and oxygen atoms in total. The van der Waals surface area contributed by atoms with Gasteiger partial charge in [0.1, 0.15) is 5.25 Å². The average molecular weight is 263 g/mol. The predicted molar refractivity (Wildman–Crippen MR) is 65.4 cm³/mol. The number of aliphatic hydroxyl groups excluding tert-OH is 1. The number of hydrogen-bond donors (Lipinski definition) is 2. The Morgan fingerprint density at radius 2 is 2.18 bits per heavy atom. The lowest BCUT2D eigenvalue weighted by Gasteiger charge is -2.24. The minimum Gasteiger partial charge on any atom is -0.396 e. The second kappa shape index (κ2) is 6.35. The molecule has 6 heteroatoms. The number of hydrogen-bond acceptors (Lipinski definition) is 4. The van der Waals surface area contributed by atoms with E-state index >= 15 is 0 Å². The molecular formula is C11H21NO4S. The predicted octanol–water partition coefficient (Wildman–Crippen LogP) is 0.231. The molecule has 0 aromatic carbocycles. The van der Waals surface area contributed by atoms with Crippen molar-refractivity contribution in [1.29, 1.82) is 0 Å². The van der Waals surface area contributed by atoms with E-state index in [0.29, 0.717) is 25.7 Å². The van der Waals surface area contributed by atoms with Crippen LogP contribution in [0.15, 0.2) is 0 Å². The monoisotopic (exact) mass is 263 g/mol. The van der Waals surface area contributed by atoms with Gasteiger partial charge in [0.15, 0.2) is 9.84 Å². The first-order valence-electron chi connectivity index (χ1n) is 6.14. The molecule has 17 heavy (non-hydrogen) atoms. The summed E-state index contributed by atoms with van der Waals surface area (Å²) in [7, 11) is -3.27. The van der Waals surface area contributed by atoms with Crippen LogP contribution in [0.5, 0.6) is 0 Å². The molecule has 0 aromatic heterocycles. The zero-order valence-electron chi connectivity index (χ0n) is 10.2. The van der Waals surface area contributed by atoms with Crippen LogP contribution in [0.3, 0.4) is 0 Å². The molecule has 1 aliphatic heterocycles. The van der Waals surface area contributed by atoms with E-state index in [1.54, 1.807) is 0 Å². The number of carbonyl (C=O) groups excluding carboxylic acids is 1. The molecule has 2 unspecified atom stereocenters. The van der Waals surface area contributed by atoms with Crippen LogP contribution in [0.2, 0.25) is 0 Å². The van der Waals surface area contributed by atoms with Crippen LogP contribution >= 0.6 is 0 Å². The van der Waals surface area contributed by atoms with E-state index in [0.717, 1.165) is 6.42 Å². The minimum atomic E-state index is -3.27. The van der Waals surface area contributed by atoms with Crippen molar-refractivity contribution < 1.29 is 18.3 Å². The SMILES string of the molecule is CCC(CCO)NC(=O)C1CCCCS1(=O)=O. The zero-order chi connectivity index (χ0) is 12.9. The summed E-state index contributed by atoms with van der Waals surface area (Å²) >= 11 is 0. The Labute approximate surface area is 103 Å². The van der Waals surface area contributed by atoms with Gasteiger partial charge in [-0.3, -0.25) is 4.79 Å². The number of carbonyl (C=O) groups is 1. The molecule has 1 saturated heterocycles. The van der Waals surface area contributed by atoms with Gasteiger partial charge in [-0.1, -0.05) is 13.3 Å². The van der Waals surface area contributed by atoms with Gasteiger partial charge in [0.05, 0.1) is 5.75 Å². The third kappa shape index (κ3) is 3.96. The Hall–Kier alpha value is -0.620. The number of sulfone groups is 1. The van der Waals surface area contributed by atoms with E-state index in [-0.39, 0.29) is 18.4 Å². The van der Waals surface area contributed by atoms with Gasteiger partial charge in [-0.15, -0.1) is 0 Å². The molecule has 2 atom stereocenters. The summed E-state index contributed by atoms with van der Waals surface area (Å²) in [6.45, 7) is 1.90. The number of aliphatic hydroxyl groups is 1. The Morgan fingerprint density at radius 1 is 1.47 bits per heavy atom. The van der Waals surface area contributed by atoms with Crippen LogP contribution in [0, 0.1) is 0 Å². The van der Waals surface area contributed by atoms with E-state index in [2.05, 4.69) is 5.32 Å². The maximum Gasteiger partial charge on any atom is 0.238 e. The highest BCUT2D eigenvalue weighted by Crippen LogP contribution is 2.19. The summed E-state index contributed by atoms with van der Waals surface area (Å²) < 4.78 is 23.5. The van der Waals surface area contributed by atoms with Crippen LogP contribution in [0.4, 0.5) is 0 Å². The molecule has 0 aliphatic carbocycles. The first-order chi connectivity index (χ1) is 8.01. The van der Waals surface area contributed by atoms with Crippen molar-refractivity contribution in [3.63, 3.8) is 0 Å². The molecule has 1 aliphatic rings. The quantitative estimate of drug-likeness (QED) is 0.744. The van der Waals surface area contributed by atoms with Crippen molar-refractivity contribution >= 4 is 15.7 Å². The summed E-state index contributed by atoms with van der Waals surface area (Å²) in [5, 5.41) is 10.7. The van der Waals surface area contributed by atoms with E-state index < -0.39 is 21.0 Å². The molecule has 1 fully saturated rings. The maximum absolute atomic E-state index is 11.9. The van der Waals surface area contributed by atoms with Gasteiger partial charge in [-0.05, 0) is 25.7 Å². The normalized spacial score (nSPS) is 25.2. The lowest BCUT2D eigenvalue weighted by molar-refractivity contribution is -0.121. The summed E-state index contributed by atoms with van der Waals surface area (Å²) in [6, 6.07) is -0.135. The Bertz CT molecular complexity index is 352. The van der Waals surface area contributed by atoms with Crippen molar-refractivity contribution in [1.82, 2.24) is 5.32 Å². The topological polar surface area (TPSA) is 83.5 Å². The fourth-order valence-corrected chi connectivity index (χ4v) is 3.89. The fourth-order valence-electron chi connectivity index (χ4n) is 2.08. The van der Waals surface area contributed by atoms with Gasteiger partial charge >= 0.3 is 0 Å². The standard InChI is InChI=1S/C11H21NO4S/c1-2-9(6-7-13)12-11(14)10-5-3-4-8-17(10,15)16/h9-10,13H,2-8H2,1H3,(H,12,14). The molecule has 0 bridgehead atoms. The van der Waals surface area contributed by atoms with Crippen LogP contribution in [-0.2, 0) is 14.6 Å². The van der Waals surface area contributed by atoms with Crippen LogP contribution in [0.1, 0.15) is 39.0 Å². The molecule has 2 N–H and O–H groups in total. The number of amides is 1. The van der Waals surface area contributed by atoms with E-state index in [9.17, 15) is 13.2 Å². The van der Waals surface area contributed by atoms with E-state index in [4.69, 9.17) is 5.11 Å². The highest BCUT2D eigenvalue weighted by Gasteiger charge is 2.35. The van der Waals surface area contributed by atoms with Gasteiger partial charge in [-0.25, -0.2) is 8.42 Å². The van der Waals surface area contributed by atoms with Crippen LogP contribution < -0.4 is 5.32 Å². The van der Waals surface area contributed by atoms with E-state index in [1.165, 1.54) is 0 Å². The Morgan fingerprint density at radius 3 is 2.71 bits per heavy atom. The molecule has 1 amide bonds. The Balaban J connectivity index is 2.62. The third-order valence-corrected chi connectivity index (χ3v) is 5.36. The van der Waals surface area contributed by atoms with Crippen molar-refractivity contribution in [2.45, 2.75) is 50.3 Å². The molecular weight excluding hydrogens is 242 g/mol. The average Bonchev–Trinajstić information content (AvgIpc) is 2.27. The zero-order valence-corrected chi connectivity index (χ0v) is 11.0. The largest absolute Gasteiger partial charge is 0.396 e. The first kappa shape index (κ1) is 14.4. The molecule has 1 heterocycles. The highest BCUT2D eigenvalue weighted by molar-refractivity contribution is 7.92. The summed E-state index contributed by atoms with van der Waals surface area (Å²) in [5.74, 6) is -0.285. The second-order valence-corrected chi connectivity index (χ2v) is 6.78. The van der Waals surface area contributed by atoms with Gasteiger partial charge < -0.3 is 10.4 Å².